The molecule has 110 valence electrons. The molecular weight excluding hydrogens is 273 g/mol. The highest BCUT2D eigenvalue weighted by atomic mass is 19.4. The summed E-state index contributed by atoms with van der Waals surface area (Å²) in [5, 5.41) is 10.2. The van der Waals surface area contributed by atoms with Crippen LogP contribution in [0.2, 0.25) is 0 Å². The van der Waals surface area contributed by atoms with Gasteiger partial charge in [-0.3, -0.25) is 9.59 Å². The zero-order valence-electron chi connectivity index (χ0n) is 10.1. The number of halogens is 3. The Bertz CT molecular complexity index is 381. The van der Waals surface area contributed by atoms with Gasteiger partial charge < -0.3 is 20.9 Å². The van der Waals surface area contributed by atoms with Gasteiger partial charge in [0.05, 0.1) is 13.5 Å². The number of hydrogen-bond acceptors (Lipinski definition) is 5. The quantitative estimate of drug-likeness (QED) is 0.581. The van der Waals surface area contributed by atoms with Gasteiger partial charge in [-0.1, -0.05) is 0 Å². The smallest absolute Gasteiger partial charge is 0.415 e. The van der Waals surface area contributed by atoms with Crippen molar-refractivity contribution < 1.29 is 37.4 Å². The maximum Gasteiger partial charge on any atom is 0.415 e. The largest absolute Gasteiger partial charge is 0.480 e. The molecule has 0 heterocycles. The van der Waals surface area contributed by atoms with Crippen molar-refractivity contribution in [3.8, 4) is 0 Å². The van der Waals surface area contributed by atoms with Crippen LogP contribution in [0.15, 0.2) is 0 Å². The van der Waals surface area contributed by atoms with Gasteiger partial charge in [-0.05, 0) is 6.92 Å². The van der Waals surface area contributed by atoms with Crippen LogP contribution in [0, 0.1) is 0 Å². The molecule has 0 radical (unpaired) electrons. The van der Waals surface area contributed by atoms with E-state index in [-0.39, 0.29) is 0 Å². The Balaban J connectivity index is 4.93. The number of amides is 1. The van der Waals surface area contributed by atoms with E-state index in [1.807, 2.05) is 0 Å². The Kier molecular flexibility index (Phi) is 5.30. The second kappa shape index (κ2) is 5.87. The summed E-state index contributed by atoms with van der Waals surface area (Å²) >= 11 is 0. The fourth-order valence-electron chi connectivity index (χ4n) is 0.887. The Morgan fingerprint density at radius 2 is 1.84 bits per heavy atom. The highest BCUT2D eigenvalue weighted by Gasteiger charge is 2.54. The van der Waals surface area contributed by atoms with Gasteiger partial charge in [0.25, 0.3) is 0 Å². The Labute approximate surface area is 105 Å². The number of nitrogens with one attached hydrogen (secondary N) is 1. The maximum absolute atomic E-state index is 12.4. The van der Waals surface area contributed by atoms with Crippen molar-refractivity contribution in [2.75, 3.05) is 7.11 Å². The molecule has 0 aliphatic rings. The normalized spacial score (nSPS) is 16.1. The number of carboxylic acids is 1. The number of carbonyl (C=O) groups is 3. The highest BCUT2D eigenvalue weighted by Crippen LogP contribution is 2.28. The molecule has 2 atom stereocenters. The molecule has 0 aliphatic carbocycles. The molecule has 19 heavy (non-hydrogen) atoms. The summed E-state index contributed by atoms with van der Waals surface area (Å²) in [7, 11) is 0.964. The first-order valence-electron chi connectivity index (χ1n) is 4.89. The summed E-state index contributed by atoms with van der Waals surface area (Å²) in [6, 6.07) is -1.86. The summed E-state index contributed by atoms with van der Waals surface area (Å²) in [5.41, 5.74) is 1.54. The van der Waals surface area contributed by atoms with Gasteiger partial charge >= 0.3 is 18.1 Å². The fourth-order valence-corrected chi connectivity index (χ4v) is 0.887. The number of rotatable bonds is 5. The van der Waals surface area contributed by atoms with Crippen LogP contribution in [0.1, 0.15) is 13.3 Å². The van der Waals surface area contributed by atoms with Crippen molar-refractivity contribution >= 4 is 17.8 Å². The van der Waals surface area contributed by atoms with E-state index in [2.05, 4.69) is 4.74 Å². The lowest BCUT2D eigenvalue weighted by Crippen LogP contribution is -2.63. The minimum atomic E-state index is -5.06. The van der Waals surface area contributed by atoms with Crippen LogP contribution in [-0.4, -0.2) is 47.8 Å². The predicted molar refractivity (Wildman–Crippen MR) is 54.8 cm³/mol. The molecular formula is C9H13F3N2O5. The van der Waals surface area contributed by atoms with Crippen LogP contribution < -0.4 is 11.1 Å². The van der Waals surface area contributed by atoms with Crippen LogP contribution in [0.25, 0.3) is 0 Å². The molecule has 0 fully saturated rings. The summed E-state index contributed by atoms with van der Waals surface area (Å²) in [4.78, 5) is 32.9. The number of ether oxygens (including phenoxy) is 1. The molecule has 0 aromatic heterocycles. The number of alkyl halides is 3. The molecule has 4 N–H and O–H groups in total. The Morgan fingerprint density at radius 1 is 1.37 bits per heavy atom. The molecule has 0 aromatic rings. The van der Waals surface area contributed by atoms with Gasteiger partial charge in [0, 0.05) is 0 Å². The van der Waals surface area contributed by atoms with Crippen LogP contribution >= 0.6 is 0 Å². The Hall–Kier alpha value is -1.84. The number of carboxylic acid groups (broad SMARTS) is 1. The molecule has 1 amide bonds. The first-order chi connectivity index (χ1) is 8.43. The maximum atomic E-state index is 12.4. The molecule has 0 saturated carbocycles. The van der Waals surface area contributed by atoms with Crippen molar-refractivity contribution in [3.63, 3.8) is 0 Å². The molecule has 0 spiro atoms. The lowest BCUT2D eigenvalue weighted by Gasteiger charge is -2.27. The van der Waals surface area contributed by atoms with Crippen LogP contribution in [-0.2, 0) is 19.1 Å². The van der Waals surface area contributed by atoms with Gasteiger partial charge in [-0.25, -0.2) is 4.79 Å². The van der Waals surface area contributed by atoms with Crippen molar-refractivity contribution in [3.05, 3.63) is 0 Å². The zero-order chi connectivity index (χ0) is 15.4. The molecule has 1 unspecified atom stereocenters. The number of esters is 1. The predicted octanol–water partition coefficient (Wildman–Crippen LogP) is -0.601. The summed E-state index contributed by atoms with van der Waals surface area (Å²) in [6.45, 7) is 0.388. The summed E-state index contributed by atoms with van der Waals surface area (Å²) in [6.07, 6.45) is -5.88. The molecule has 0 saturated heterocycles. The molecule has 0 aromatic carbocycles. The SMILES string of the molecule is COC(=O)C[C@H](NC(=O)C(C)(N)C(F)(F)F)C(=O)O. The highest BCUT2D eigenvalue weighted by molar-refractivity contribution is 5.92. The summed E-state index contributed by atoms with van der Waals surface area (Å²) in [5.74, 6) is -4.44. The first kappa shape index (κ1) is 17.2. The molecule has 0 bridgehead atoms. The molecule has 0 rings (SSSR count). The fraction of sp³-hybridized carbons (Fsp3) is 0.667. The monoisotopic (exact) mass is 286 g/mol. The van der Waals surface area contributed by atoms with E-state index in [9.17, 15) is 27.6 Å². The third-order valence-corrected chi connectivity index (χ3v) is 2.26. The molecule has 7 nitrogen and oxygen atoms in total. The van der Waals surface area contributed by atoms with Gasteiger partial charge in [-0.15, -0.1) is 0 Å². The van der Waals surface area contributed by atoms with E-state index >= 15 is 0 Å². The number of aliphatic carboxylic acids is 1. The van der Waals surface area contributed by atoms with Crippen molar-refractivity contribution in [1.29, 1.82) is 0 Å². The first-order valence-corrected chi connectivity index (χ1v) is 4.89. The number of nitrogens with two attached hydrogens (primary N) is 1. The van der Waals surface area contributed by atoms with Crippen molar-refractivity contribution in [2.24, 2.45) is 5.73 Å². The minimum Gasteiger partial charge on any atom is -0.480 e. The second-order valence-electron chi connectivity index (χ2n) is 3.84. The van der Waals surface area contributed by atoms with Gasteiger partial charge in [-0.2, -0.15) is 13.2 Å². The molecule has 10 heteroatoms. The average Bonchev–Trinajstić information content (AvgIpc) is 2.25. The number of hydrogen-bond donors (Lipinski definition) is 3. The van der Waals surface area contributed by atoms with E-state index in [4.69, 9.17) is 10.8 Å². The molecule has 0 aliphatic heterocycles. The standard InChI is InChI=1S/C9H13F3N2O5/c1-8(13,9(10,11)12)7(18)14-4(6(16)17)3-5(15)19-2/h4H,3,13H2,1-2H3,(H,14,18)(H,16,17)/t4-,8?/m0/s1. The minimum absolute atomic E-state index is 0.388. The van der Waals surface area contributed by atoms with Crippen molar-refractivity contribution in [2.45, 2.75) is 31.1 Å². The zero-order valence-corrected chi connectivity index (χ0v) is 10.1. The lowest BCUT2D eigenvalue weighted by atomic mass is 10.0. The lowest BCUT2D eigenvalue weighted by molar-refractivity contribution is -0.188. The third kappa shape index (κ3) is 4.39. The Morgan fingerprint density at radius 3 is 2.16 bits per heavy atom. The van der Waals surface area contributed by atoms with Crippen molar-refractivity contribution in [1.82, 2.24) is 5.32 Å². The van der Waals surface area contributed by atoms with E-state index in [1.54, 1.807) is 5.32 Å². The van der Waals surface area contributed by atoms with Crippen LogP contribution in [0.5, 0.6) is 0 Å². The van der Waals surface area contributed by atoms with Gasteiger partial charge in [0.15, 0.2) is 5.54 Å². The number of methoxy groups -OCH3 is 1. The van der Waals surface area contributed by atoms with Gasteiger partial charge in [0.1, 0.15) is 6.04 Å². The topological polar surface area (TPSA) is 119 Å². The van der Waals surface area contributed by atoms with Gasteiger partial charge in [0.2, 0.25) is 5.91 Å². The van der Waals surface area contributed by atoms with E-state index in [1.165, 1.54) is 0 Å². The number of carbonyl (C=O) groups excluding carboxylic acids is 2. The van der Waals surface area contributed by atoms with E-state index < -0.39 is 42.0 Å². The van der Waals surface area contributed by atoms with E-state index in [0.717, 1.165) is 7.11 Å². The van der Waals surface area contributed by atoms with Crippen LogP contribution in [0.4, 0.5) is 13.2 Å². The third-order valence-electron chi connectivity index (χ3n) is 2.26. The van der Waals surface area contributed by atoms with E-state index in [0.29, 0.717) is 6.92 Å². The average molecular weight is 286 g/mol. The second-order valence-corrected chi connectivity index (χ2v) is 3.84. The van der Waals surface area contributed by atoms with Crippen LogP contribution in [0.3, 0.4) is 0 Å². The summed E-state index contributed by atoms with van der Waals surface area (Å²) < 4.78 is 41.5.